The summed E-state index contributed by atoms with van der Waals surface area (Å²) < 4.78 is 26.4. The molecule has 2 N–H and O–H groups in total. The van der Waals surface area contributed by atoms with E-state index >= 15 is 0 Å². The molecule has 2 unspecified atom stereocenters. The Bertz CT molecular complexity index is 344. The highest BCUT2D eigenvalue weighted by Gasteiger charge is 2.19. The third kappa shape index (κ3) is 8.22. The third-order valence-corrected chi connectivity index (χ3v) is 5.58. The molecule has 1 aliphatic carbocycles. The lowest BCUT2D eigenvalue weighted by molar-refractivity contribution is 0.271. The molecule has 1 saturated carbocycles. The minimum absolute atomic E-state index is 0.241. The molecule has 0 spiro atoms. The van der Waals surface area contributed by atoms with Gasteiger partial charge in [-0.1, -0.05) is 33.1 Å². The molecule has 0 aromatic rings. The monoisotopic (exact) mass is 304 g/mol. The van der Waals surface area contributed by atoms with Crippen LogP contribution in [0.25, 0.3) is 0 Å². The fourth-order valence-corrected chi connectivity index (χ4v) is 4.10. The summed E-state index contributed by atoms with van der Waals surface area (Å²) in [7, 11) is -3.07. The Hall–Kier alpha value is -0.130. The van der Waals surface area contributed by atoms with Gasteiger partial charge in [0.2, 0.25) is 10.0 Å². The Balaban J connectivity index is 2.09. The van der Waals surface area contributed by atoms with Crippen molar-refractivity contribution in [1.29, 1.82) is 0 Å². The van der Waals surface area contributed by atoms with Crippen LogP contribution in [0.2, 0.25) is 0 Å². The van der Waals surface area contributed by atoms with Crippen LogP contribution in [-0.2, 0) is 10.0 Å². The maximum absolute atomic E-state index is 11.8. The van der Waals surface area contributed by atoms with Crippen molar-refractivity contribution in [3.05, 3.63) is 0 Å². The van der Waals surface area contributed by atoms with Crippen molar-refractivity contribution in [1.82, 2.24) is 10.0 Å². The summed E-state index contributed by atoms with van der Waals surface area (Å²) in [6.45, 7) is 6.78. The minimum Gasteiger partial charge on any atom is -0.317 e. The molecule has 0 aromatic carbocycles. The smallest absolute Gasteiger partial charge is 0.211 e. The Morgan fingerprint density at radius 2 is 1.95 bits per heavy atom. The van der Waals surface area contributed by atoms with Crippen LogP contribution in [0.1, 0.15) is 58.8 Å². The van der Waals surface area contributed by atoms with E-state index in [4.69, 9.17) is 0 Å². The van der Waals surface area contributed by atoms with Gasteiger partial charge in [-0.15, -0.1) is 0 Å². The summed E-state index contributed by atoms with van der Waals surface area (Å²) in [6, 6.07) is 0. The van der Waals surface area contributed by atoms with Gasteiger partial charge >= 0.3 is 0 Å². The number of hydrogen-bond acceptors (Lipinski definition) is 3. The summed E-state index contributed by atoms with van der Waals surface area (Å²) in [5.74, 6) is 1.77. The van der Waals surface area contributed by atoms with E-state index in [9.17, 15) is 8.42 Å². The minimum atomic E-state index is -3.07. The molecule has 0 aliphatic heterocycles. The molecule has 0 amide bonds. The van der Waals surface area contributed by atoms with E-state index in [0.717, 1.165) is 31.8 Å². The zero-order valence-corrected chi connectivity index (χ0v) is 14.0. The lowest BCUT2D eigenvalue weighted by atomic mass is 9.81. The number of nitrogens with one attached hydrogen (secondary N) is 2. The summed E-state index contributed by atoms with van der Waals surface area (Å²) in [6.07, 6.45) is 7.96. The highest BCUT2D eigenvalue weighted by Crippen LogP contribution is 2.30. The topological polar surface area (TPSA) is 58.2 Å². The largest absolute Gasteiger partial charge is 0.317 e. The summed E-state index contributed by atoms with van der Waals surface area (Å²) in [5, 5.41) is 3.23. The van der Waals surface area contributed by atoms with Crippen LogP contribution in [0, 0.1) is 11.8 Å². The first-order valence-corrected chi connectivity index (χ1v) is 9.86. The Morgan fingerprint density at radius 3 is 2.65 bits per heavy atom. The summed E-state index contributed by atoms with van der Waals surface area (Å²) >= 11 is 0. The molecule has 1 rings (SSSR count). The van der Waals surface area contributed by atoms with Crippen molar-refractivity contribution in [3.8, 4) is 0 Å². The maximum atomic E-state index is 11.8. The predicted molar refractivity (Wildman–Crippen MR) is 85.3 cm³/mol. The van der Waals surface area contributed by atoms with Crippen LogP contribution < -0.4 is 10.0 Å². The van der Waals surface area contributed by atoms with Crippen LogP contribution in [0.15, 0.2) is 0 Å². The van der Waals surface area contributed by atoms with Gasteiger partial charge in [-0.3, -0.25) is 0 Å². The molecule has 20 heavy (non-hydrogen) atoms. The first kappa shape index (κ1) is 17.9. The van der Waals surface area contributed by atoms with E-state index in [1.807, 2.05) is 0 Å². The molecule has 0 saturated heterocycles. The molecule has 0 radical (unpaired) electrons. The molecular weight excluding hydrogens is 272 g/mol. The second kappa shape index (κ2) is 9.74. The summed E-state index contributed by atoms with van der Waals surface area (Å²) in [5.41, 5.74) is 0. The Kier molecular flexibility index (Phi) is 8.73. The van der Waals surface area contributed by atoms with Crippen LogP contribution in [0.5, 0.6) is 0 Å². The quantitative estimate of drug-likeness (QED) is 0.610. The first-order valence-electron chi connectivity index (χ1n) is 8.21. The predicted octanol–water partition coefficient (Wildman–Crippen LogP) is 2.51. The maximum Gasteiger partial charge on any atom is 0.211 e. The van der Waals surface area contributed by atoms with Crippen molar-refractivity contribution >= 4 is 10.0 Å². The molecule has 4 nitrogen and oxygen atoms in total. The molecule has 1 fully saturated rings. The molecule has 2 atom stereocenters. The first-order chi connectivity index (χ1) is 9.53. The molecular formula is C15H32N2O2S. The van der Waals surface area contributed by atoms with E-state index in [-0.39, 0.29) is 5.75 Å². The van der Waals surface area contributed by atoms with E-state index < -0.39 is 10.0 Å². The normalized spacial score (nSPS) is 23.9. The van der Waals surface area contributed by atoms with E-state index in [2.05, 4.69) is 23.9 Å². The second-order valence-corrected chi connectivity index (χ2v) is 8.17. The van der Waals surface area contributed by atoms with Gasteiger partial charge in [-0.25, -0.2) is 13.1 Å². The highest BCUT2D eigenvalue weighted by molar-refractivity contribution is 7.89. The molecule has 120 valence electrons. The number of hydrogen-bond donors (Lipinski definition) is 2. The van der Waals surface area contributed by atoms with Crippen molar-refractivity contribution < 1.29 is 8.42 Å². The Morgan fingerprint density at radius 1 is 1.15 bits per heavy atom. The van der Waals surface area contributed by atoms with Crippen LogP contribution >= 0.6 is 0 Å². The third-order valence-electron chi connectivity index (χ3n) is 4.11. The zero-order chi connectivity index (χ0) is 14.8. The average molecular weight is 305 g/mol. The number of sulfonamides is 1. The molecule has 1 aliphatic rings. The molecule has 0 bridgehead atoms. The van der Waals surface area contributed by atoms with E-state index in [0.29, 0.717) is 18.9 Å². The van der Waals surface area contributed by atoms with Crippen molar-refractivity contribution in [3.63, 3.8) is 0 Å². The molecule has 0 heterocycles. The lowest BCUT2D eigenvalue weighted by Crippen LogP contribution is -2.30. The fraction of sp³-hybridized carbons (Fsp3) is 1.00. The number of rotatable bonds is 10. The van der Waals surface area contributed by atoms with E-state index in [1.165, 1.54) is 25.7 Å². The van der Waals surface area contributed by atoms with Gasteiger partial charge in [-0.05, 0) is 50.6 Å². The van der Waals surface area contributed by atoms with Crippen LogP contribution in [0.4, 0.5) is 0 Å². The van der Waals surface area contributed by atoms with Crippen molar-refractivity contribution in [2.45, 2.75) is 58.8 Å². The Labute approximate surface area is 125 Å². The average Bonchev–Trinajstić information content (AvgIpc) is 2.38. The van der Waals surface area contributed by atoms with Gasteiger partial charge in [0.15, 0.2) is 0 Å². The SMILES string of the molecule is CCCNCCCS(=O)(=O)NCCC1CCCC(C)C1. The highest BCUT2D eigenvalue weighted by atomic mass is 32.2. The van der Waals surface area contributed by atoms with Crippen LogP contribution in [0.3, 0.4) is 0 Å². The van der Waals surface area contributed by atoms with E-state index in [1.54, 1.807) is 0 Å². The van der Waals surface area contributed by atoms with Gasteiger partial charge < -0.3 is 5.32 Å². The van der Waals surface area contributed by atoms with Gasteiger partial charge in [-0.2, -0.15) is 0 Å². The van der Waals surface area contributed by atoms with Crippen molar-refractivity contribution in [2.24, 2.45) is 11.8 Å². The standard InChI is InChI=1S/C15H32N2O2S/c1-3-9-16-10-5-12-20(18,19)17-11-8-15-7-4-6-14(2)13-15/h14-17H,3-13H2,1-2H3. The van der Waals surface area contributed by atoms with Gasteiger partial charge in [0.25, 0.3) is 0 Å². The van der Waals surface area contributed by atoms with Crippen LogP contribution in [-0.4, -0.2) is 33.8 Å². The second-order valence-electron chi connectivity index (χ2n) is 6.24. The zero-order valence-electron chi connectivity index (χ0n) is 13.2. The lowest BCUT2D eigenvalue weighted by Gasteiger charge is -2.26. The fourth-order valence-electron chi connectivity index (χ4n) is 3.00. The molecule has 0 aromatic heterocycles. The molecule has 5 heteroatoms. The van der Waals surface area contributed by atoms with Crippen molar-refractivity contribution in [2.75, 3.05) is 25.4 Å². The van der Waals surface area contributed by atoms with Gasteiger partial charge in [0.05, 0.1) is 5.75 Å². The van der Waals surface area contributed by atoms with Gasteiger partial charge in [0.1, 0.15) is 0 Å². The van der Waals surface area contributed by atoms with Gasteiger partial charge in [0, 0.05) is 6.54 Å². The summed E-state index contributed by atoms with van der Waals surface area (Å²) in [4.78, 5) is 0.